The van der Waals surface area contributed by atoms with Gasteiger partial charge >= 0.3 is 0 Å². The average Bonchev–Trinajstić information content (AvgIpc) is 2.38. The molecule has 1 aromatic rings. The second-order valence-electron chi connectivity index (χ2n) is 6.54. The summed E-state index contributed by atoms with van der Waals surface area (Å²) in [6.07, 6.45) is 5.37. The molecule has 1 atom stereocenters. The van der Waals surface area contributed by atoms with E-state index < -0.39 is 0 Å². The third-order valence-electron chi connectivity index (χ3n) is 3.61. The van der Waals surface area contributed by atoms with Gasteiger partial charge in [0, 0.05) is 18.2 Å². The van der Waals surface area contributed by atoms with Gasteiger partial charge in [0.25, 0.3) is 0 Å². The highest BCUT2D eigenvalue weighted by Gasteiger charge is 2.16. The number of nitrogens with one attached hydrogen (secondary N) is 2. The molecule has 0 radical (unpaired) electrons. The third-order valence-corrected chi connectivity index (χ3v) is 3.61. The zero-order chi connectivity index (χ0) is 15.8. The van der Waals surface area contributed by atoms with E-state index in [1.54, 1.807) is 6.33 Å². The van der Waals surface area contributed by atoms with Gasteiger partial charge in [-0.3, -0.25) is 0 Å². The summed E-state index contributed by atoms with van der Waals surface area (Å²) in [5.41, 5.74) is 1.19. The molecule has 1 heterocycles. The first kappa shape index (κ1) is 17.7. The minimum absolute atomic E-state index is 0.394. The van der Waals surface area contributed by atoms with E-state index in [9.17, 15) is 0 Å². The Kier molecular flexibility index (Phi) is 7.48. The van der Waals surface area contributed by atoms with Gasteiger partial charge in [-0.15, -0.1) is 0 Å². The average molecular weight is 292 g/mol. The van der Waals surface area contributed by atoms with E-state index in [0.717, 1.165) is 24.1 Å². The second-order valence-corrected chi connectivity index (χ2v) is 6.54. The van der Waals surface area contributed by atoms with E-state index in [2.05, 4.69) is 62.1 Å². The highest BCUT2D eigenvalue weighted by atomic mass is 15.1. The fourth-order valence-corrected chi connectivity index (χ4v) is 2.50. The maximum Gasteiger partial charge on any atom is 0.135 e. The van der Waals surface area contributed by atoms with Crippen LogP contribution in [0.4, 0.5) is 11.6 Å². The Hall–Kier alpha value is -1.32. The van der Waals surface area contributed by atoms with Crippen LogP contribution in [0.25, 0.3) is 0 Å². The Morgan fingerprint density at radius 1 is 1.00 bits per heavy atom. The molecule has 0 aromatic carbocycles. The molecule has 1 rings (SSSR count). The van der Waals surface area contributed by atoms with Crippen molar-refractivity contribution in [2.24, 2.45) is 5.92 Å². The lowest BCUT2D eigenvalue weighted by Crippen LogP contribution is -2.19. The van der Waals surface area contributed by atoms with Gasteiger partial charge in [-0.25, -0.2) is 9.97 Å². The number of nitrogens with zero attached hydrogens (tertiary/aromatic N) is 2. The van der Waals surface area contributed by atoms with E-state index in [1.807, 2.05) is 0 Å². The molecule has 0 fully saturated rings. The largest absolute Gasteiger partial charge is 0.370 e. The van der Waals surface area contributed by atoms with Crippen LogP contribution in [0.3, 0.4) is 0 Å². The summed E-state index contributed by atoms with van der Waals surface area (Å²) in [4.78, 5) is 8.84. The molecule has 0 saturated heterocycles. The van der Waals surface area contributed by atoms with Crippen LogP contribution >= 0.6 is 0 Å². The molecule has 0 spiro atoms. The van der Waals surface area contributed by atoms with E-state index in [1.165, 1.54) is 24.8 Å². The predicted octanol–water partition coefficient (Wildman–Crippen LogP) is 4.66. The van der Waals surface area contributed by atoms with Gasteiger partial charge in [-0.1, -0.05) is 40.5 Å². The molecular formula is C17H32N4. The molecule has 0 saturated carbocycles. The van der Waals surface area contributed by atoms with Crippen molar-refractivity contribution in [1.82, 2.24) is 9.97 Å². The quantitative estimate of drug-likeness (QED) is 0.695. The van der Waals surface area contributed by atoms with Crippen LogP contribution in [0.2, 0.25) is 0 Å². The fourth-order valence-electron chi connectivity index (χ4n) is 2.50. The SMILES string of the molecule is CCNc1ncnc(NC(C)CCCC(C)C)c1C(C)C. The van der Waals surface area contributed by atoms with E-state index in [0.29, 0.717) is 12.0 Å². The summed E-state index contributed by atoms with van der Waals surface area (Å²) in [5.74, 6) is 3.11. The van der Waals surface area contributed by atoms with Gasteiger partial charge in [0.2, 0.25) is 0 Å². The van der Waals surface area contributed by atoms with Crippen molar-refractivity contribution in [1.29, 1.82) is 0 Å². The Balaban J connectivity index is 2.75. The monoisotopic (exact) mass is 292 g/mol. The van der Waals surface area contributed by atoms with E-state index in [-0.39, 0.29) is 0 Å². The maximum absolute atomic E-state index is 4.46. The number of hydrogen-bond acceptors (Lipinski definition) is 4. The van der Waals surface area contributed by atoms with Crippen molar-refractivity contribution < 1.29 is 0 Å². The van der Waals surface area contributed by atoms with Crippen LogP contribution in [-0.2, 0) is 0 Å². The summed E-state index contributed by atoms with van der Waals surface area (Å²) in [7, 11) is 0. The molecule has 21 heavy (non-hydrogen) atoms. The van der Waals surface area contributed by atoms with Crippen molar-refractivity contribution >= 4 is 11.6 Å². The molecule has 1 unspecified atom stereocenters. The van der Waals surface area contributed by atoms with Gasteiger partial charge in [0.05, 0.1) is 0 Å². The molecule has 0 aliphatic heterocycles. The van der Waals surface area contributed by atoms with Crippen LogP contribution in [0.5, 0.6) is 0 Å². The first-order chi connectivity index (χ1) is 9.95. The molecule has 0 aliphatic carbocycles. The van der Waals surface area contributed by atoms with Gasteiger partial charge in [0.15, 0.2) is 0 Å². The van der Waals surface area contributed by atoms with Crippen molar-refractivity contribution in [3.8, 4) is 0 Å². The van der Waals surface area contributed by atoms with Gasteiger partial charge in [-0.2, -0.15) is 0 Å². The molecular weight excluding hydrogens is 260 g/mol. The number of rotatable bonds is 9. The van der Waals surface area contributed by atoms with Gasteiger partial charge in [0.1, 0.15) is 18.0 Å². The predicted molar refractivity (Wildman–Crippen MR) is 92.1 cm³/mol. The van der Waals surface area contributed by atoms with Crippen molar-refractivity contribution in [2.45, 2.75) is 72.8 Å². The molecule has 4 nitrogen and oxygen atoms in total. The number of aromatic nitrogens is 2. The van der Waals surface area contributed by atoms with Gasteiger partial charge < -0.3 is 10.6 Å². The zero-order valence-electron chi connectivity index (χ0n) is 14.5. The van der Waals surface area contributed by atoms with Crippen LogP contribution in [0.1, 0.15) is 72.3 Å². The Bertz CT molecular complexity index is 415. The first-order valence-electron chi connectivity index (χ1n) is 8.30. The number of hydrogen-bond donors (Lipinski definition) is 2. The first-order valence-corrected chi connectivity index (χ1v) is 8.30. The fraction of sp³-hybridized carbons (Fsp3) is 0.765. The minimum Gasteiger partial charge on any atom is -0.370 e. The number of anilines is 2. The molecule has 4 heteroatoms. The highest BCUT2D eigenvalue weighted by molar-refractivity contribution is 5.59. The summed E-state index contributed by atoms with van der Waals surface area (Å²) in [6, 6.07) is 0.436. The smallest absolute Gasteiger partial charge is 0.135 e. The van der Waals surface area contributed by atoms with E-state index in [4.69, 9.17) is 0 Å². The van der Waals surface area contributed by atoms with Crippen molar-refractivity contribution in [2.75, 3.05) is 17.2 Å². The lowest BCUT2D eigenvalue weighted by atomic mass is 10.0. The minimum atomic E-state index is 0.394. The summed E-state index contributed by atoms with van der Waals surface area (Å²) in [6.45, 7) is 14.1. The molecule has 0 amide bonds. The van der Waals surface area contributed by atoms with Crippen LogP contribution in [0.15, 0.2) is 6.33 Å². The Morgan fingerprint density at radius 2 is 1.67 bits per heavy atom. The normalized spacial score (nSPS) is 12.8. The van der Waals surface area contributed by atoms with Crippen molar-refractivity contribution in [3.63, 3.8) is 0 Å². The molecule has 120 valence electrons. The Morgan fingerprint density at radius 3 is 2.24 bits per heavy atom. The summed E-state index contributed by atoms with van der Waals surface area (Å²) in [5, 5.41) is 6.91. The zero-order valence-corrected chi connectivity index (χ0v) is 14.5. The van der Waals surface area contributed by atoms with Crippen LogP contribution < -0.4 is 10.6 Å². The standard InChI is InChI=1S/C17H32N4/c1-7-18-16-15(13(4)5)17(20-11-19-16)21-14(6)10-8-9-12(2)3/h11-14H,7-10H2,1-6H3,(H2,18,19,20,21). The Labute approximate surface area is 130 Å². The molecule has 0 bridgehead atoms. The molecule has 2 N–H and O–H groups in total. The van der Waals surface area contributed by atoms with E-state index >= 15 is 0 Å². The summed E-state index contributed by atoms with van der Waals surface area (Å²) < 4.78 is 0. The highest BCUT2D eigenvalue weighted by Crippen LogP contribution is 2.29. The summed E-state index contributed by atoms with van der Waals surface area (Å²) >= 11 is 0. The molecule has 1 aromatic heterocycles. The molecule has 0 aliphatic rings. The second kappa shape index (κ2) is 8.85. The topological polar surface area (TPSA) is 49.8 Å². The third kappa shape index (κ3) is 5.90. The maximum atomic E-state index is 4.46. The lowest BCUT2D eigenvalue weighted by Gasteiger charge is -2.21. The van der Waals surface area contributed by atoms with Crippen molar-refractivity contribution in [3.05, 3.63) is 11.9 Å². The lowest BCUT2D eigenvalue weighted by molar-refractivity contribution is 0.519. The van der Waals surface area contributed by atoms with Crippen LogP contribution in [-0.4, -0.2) is 22.6 Å². The van der Waals surface area contributed by atoms with Gasteiger partial charge in [-0.05, 0) is 32.1 Å². The van der Waals surface area contributed by atoms with Crippen LogP contribution in [0, 0.1) is 5.92 Å².